The van der Waals surface area contributed by atoms with Crippen molar-refractivity contribution in [1.82, 2.24) is 5.32 Å². The zero-order valence-corrected chi connectivity index (χ0v) is 12.8. The summed E-state index contributed by atoms with van der Waals surface area (Å²) in [5.41, 5.74) is 0.192. The van der Waals surface area contributed by atoms with Gasteiger partial charge in [0.15, 0.2) is 11.8 Å². The normalized spacial score (nSPS) is 11.6. The molecule has 21 heavy (non-hydrogen) atoms. The van der Waals surface area contributed by atoms with Gasteiger partial charge in [0, 0.05) is 17.5 Å². The second-order valence-electron chi connectivity index (χ2n) is 4.23. The van der Waals surface area contributed by atoms with E-state index in [1.165, 1.54) is 13.0 Å². The number of hydrogen-bond donors (Lipinski definition) is 2. The first-order valence-corrected chi connectivity index (χ1v) is 6.59. The summed E-state index contributed by atoms with van der Waals surface area (Å²) in [7, 11) is 0. The van der Waals surface area contributed by atoms with Crippen molar-refractivity contribution in [3.05, 3.63) is 32.3 Å². The van der Waals surface area contributed by atoms with Gasteiger partial charge in [0.2, 0.25) is 5.91 Å². The Hall–Kier alpha value is -2.16. The first-order chi connectivity index (χ1) is 9.72. The van der Waals surface area contributed by atoms with Crippen molar-refractivity contribution in [1.29, 1.82) is 0 Å². The third-order valence-corrected chi connectivity index (χ3v) is 2.94. The Morgan fingerprint density at radius 2 is 2.14 bits per heavy atom. The minimum atomic E-state index is -1.29. The van der Waals surface area contributed by atoms with Gasteiger partial charge in [-0.2, -0.15) is 0 Å². The quantitative estimate of drug-likeness (QED) is 0.587. The number of carboxylic acids is 1. The standard InChI is InChI=1S/C12H13BrN2O6/c1-6-3-8(13)4-10(15(19)20)11(6)21-5-9(12(17)18)14-7(2)16/h3-4,9H,5H2,1-2H3,(H,14,16)(H,17,18). The summed E-state index contributed by atoms with van der Waals surface area (Å²) in [4.78, 5) is 32.3. The predicted molar refractivity (Wildman–Crippen MR) is 76.3 cm³/mol. The maximum atomic E-state index is 11.0. The van der Waals surface area contributed by atoms with Gasteiger partial charge < -0.3 is 15.2 Å². The number of nitro benzene ring substituents is 1. The van der Waals surface area contributed by atoms with Crippen LogP contribution in [-0.4, -0.2) is 34.6 Å². The van der Waals surface area contributed by atoms with Crippen LogP contribution in [0.15, 0.2) is 16.6 Å². The van der Waals surface area contributed by atoms with E-state index in [0.717, 1.165) is 0 Å². The van der Waals surface area contributed by atoms with Crippen molar-refractivity contribution in [3.63, 3.8) is 0 Å². The van der Waals surface area contributed by atoms with Crippen molar-refractivity contribution in [2.24, 2.45) is 0 Å². The zero-order chi connectivity index (χ0) is 16.2. The van der Waals surface area contributed by atoms with Crippen molar-refractivity contribution < 1.29 is 24.4 Å². The second-order valence-corrected chi connectivity index (χ2v) is 5.15. The predicted octanol–water partition coefficient (Wildman–Crippen LogP) is 1.63. The number of amides is 1. The molecule has 0 aliphatic heterocycles. The lowest BCUT2D eigenvalue weighted by molar-refractivity contribution is -0.386. The Bertz CT molecular complexity index is 589. The van der Waals surface area contributed by atoms with Crippen LogP contribution in [0, 0.1) is 17.0 Å². The lowest BCUT2D eigenvalue weighted by Crippen LogP contribution is -2.43. The number of carbonyl (C=O) groups is 2. The molecule has 114 valence electrons. The molecule has 0 heterocycles. The molecule has 1 unspecified atom stereocenters. The number of hydrogen-bond acceptors (Lipinski definition) is 5. The SMILES string of the molecule is CC(=O)NC(COc1c(C)cc(Br)cc1[N+](=O)[O-])C(=O)O. The number of nitrogens with one attached hydrogen (secondary N) is 1. The number of nitrogens with zero attached hydrogens (tertiary/aromatic N) is 1. The van der Waals surface area contributed by atoms with Gasteiger partial charge in [-0.05, 0) is 18.6 Å². The van der Waals surface area contributed by atoms with E-state index in [4.69, 9.17) is 9.84 Å². The lowest BCUT2D eigenvalue weighted by atomic mass is 10.2. The molecule has 0 saturated heterocycles. The molecule has 2 N–H and O–H groups in total. The summed E-state index contributed by atoms with van der Waals surface area (Å²) < 4.78 is 5.76. The molecule has 0 bridgehead atoms. The lowest BCUT2D eigenvalue weighted by Gasteiger charge is -2.15. The molecular weight excluding hydrogens is 348 g/mol. The van der Waals surface area contributed by atoms with Crippen LogP contribution in [0.1, 0.15) is 12.5 Å². The molecule has 0 radical (unpaired) electrons. The fraction of sp³-hybridized carbons (Fsp3) is 0.333. The van der Waals surface area contributed by atoms with Gasteiger partial charge in [-0.1, -0.05) is 15.9 Å². The van der Waals surface area contributed by atoms with Crippen molar-refractivity contribution in [3.8, 4) is 5.75 Å². The molecule has 1 rings (SSSR count). The number of halogens is 1. The monoisotopic (exact) mass is 360 g/mol. The smallest absolute Gasteiger partial charge is 0.329 e. The highest BCUT2D eigenvalue weighted by Gasteiger charge is 2.23. The summed E-state index contributed by atoms with van der Waals surface area (Å²) in [6.45, 7) is 2.35. The molecular formula is C12H13BrN2O6. The zero-order valence-electron chi connectivity index (χ0n) is 11.3. The van der Waals surface area contributed by atoms with E-state index < -0.39 is 29.4 Å². The number of carboxylic acid groups (broad SMARTS) is 1. The van der Waals surface area contributed by atoms with Gasteiger partial charge in [-0.15, -0.1) is 0 Å². The van der Waals surface area contributed by atoms with Gasteiger partial charge in [0.05, 0.1) is 4.92 Å². The van der Waals surface area contributed by atoms with E-state index >= 15 is 0 Å². The molecule has 1 amide bonds. The summed E-state index contributed by atoms with van der Waals surface area (Å²) in [6.07, 6.45) is 0. The number of carbonyl (C=O) groups excluding carboxylic acids is 1. The Morgan fingerprint density at radius 1 is 1.52 bits per heavy atom. The number of aryl methyl sites for hydroxylation is 1. The first-order valence-electron chi connectivity index (χ1n) is 5.79. The summed E-state index contributed by atoms with van der Waals surface area (Å²) in [5.74, 6) is -1.85. The molecule has 0 spiro atoms. The topological polar surface area (TPSA) is 119 Å². The number of nitro groups is 1. The Labute approximate surface area is 128 Å². The molecule has 0 aliphatic carbocycles. The van der Waals surface area contributed by atoms with Gasteiger partial charge in [0.25, 0.3) is 0 Å². The number of benzene rings is 1. The fourth-order valence-corrected chi connectivity index (χ4v) is 2.18. The third-order valence-electron chi connectivity index (χ3n) is 2.49. The molecule has 8 nitrogen and oxygen atoms in total. The van der Waals surface area contributed by atoms with E-state index in [9.17, 15) is 19.7 Å². The highest BCUT2D eigenvalue weighted by molar-refractivity contribution is 9.10. The first kappa shape index (κ1) is 16.9. The Kier molecular flexibility index (Phi) is 5.65. The van der Waals surface area contributed by atoms with Crippen LogP contribution >= 0.6 is 15.9 Å². The summed E-state index contributed by atoms with van der Waals surface area (Å²) >= 11 is 3.14. The van der Waals surface area contributed by atoms with E-state index in [1.807, 2.05) is 0 Å². The molecule has 1 aromatic rings. The highest BCUT2D eigenvalue weighted by atomic mass is 79.9. The van der Waals surface area contributed by atoms with E-state index in [2.05, 4.69) is 21.2 Å². The largest absolute Gasteiger partial charge is 0.484 e. The Morgan fingerprint density at radius 3 is 2.62 bits per heavy atom. The molecule has 0 fully saturated rings. The van der Waals surface area contributed by atoms with Gasteiger partial charge in [-0.25, -0.2) is 4.79 Å². The molecule has 9 heteroatoms. The fourth-order valence-electron chi connectivity index (χ4n) is 1.62. The highest BCUT2D eigenvalue weighted by Crippen LogP contribution is 2.34. The molecule has 1 atom stereocenters. The second kappa shape index (κ2) is 7.02. The number of aliphatic carboxylic acids is 1. The van der Waals surface area contributed by atoms with Crippen LogP contribution in [-0.2, 0) is 9.59 Å². The van der Waals surface area contributed by atoms with E-state index in [-0.39, 0.29) is 11.4 Å². The minimum absolute atomic E-state index is 0.0280. The van der Waals surface area contributed by atoms with Gasteiger partial charge >= 0.3 is 11.7 Å². The summed E-state index contributed by atoms with van der Waals surface area (Å²) in [5, 5.41) is 22.1. The minimum Gasteiger partial charge on any atom is -0.484 e. The van der Waals surface area contributed by atoms with Gasteiger partial charge in [0.1, 0.15) is 6.61 Å². The van der Waals surface area contributed by atoms with Crippen LogP contribution in [0.5, 0.6) is 5.75 Å². The van der Waals surface area contributed by atoms with Crippen molar-refractivity contribution in [2.75, 3.05) is 6.61 Å². The number of ether oxygens (including phenoxy) is 1. The maximum Gasteiger partial charge on any atom is 0.329 e. The van der Waals surface area contributed by atoms with Crippen LogP contribution in [0.3, 0.4) is 0 Å². The van der Waals surface area contributed by atoms with Gasteiger partial charge in [-0.3, -0.25) is 14.9 Å². The molecule has 0 aliphatic rings. The van der Waals surface area contributed by atoms with Crippen LogP contribution < -0.4 is 10.1 Å². The van der Waals surface area contributed by atoms with Crippen LogP contribution in [0.25, 0.3) is 0 Å². The molecule has 1 aromatic carbocycles. The third kappa shape index (κ3) is 4.71. The number of rotatable bonds is 6. The van der Waals surface area contributed by atoms with E-state index in [0.29, 0.717) is 10.0 Å². The molecule has 0 saturated carbocycles. The average Bonchev–Trinajstić information content (AvgIpc) is 2.34. The van der Waals surface area contributed by atoms with Crippen molar-refractivity contribution in [2.45, 2.75) is 19.9 Å². The van der Waals surface area contributed by atoms with Crippen molar-refractivity contribution >= 4 is 33.5 Å². The average molecular weight is 361 g/mol. The van der Waals surface area contributed by atoms with Crippen LogP contribution in [0.2, 0.25) is 0 Å². The Balaban J connectivity index is 2.99. The maximum absolute atomic E-state index is 11.0. The van der Waals surface area contributed by atoms with E-state index in [1.54, 1.807) is 13.0 Å². The molecule has 0 aromatic heterocycles. The summed E-state index contributed by atoms with van der Waals surface area (Å²) in [6, 6.07) is 1.58. The van der Waals surface area contributed by atoms with Crippen LogP contribution in [0.4, 0.5) is 5.69 Å².